The molecule has 3 heteroatoms. The van der Waals surface area contributed by atoms with Crippen molar-refractivity contribution >= 4 is 5.97 Å². The maximum absolute atomic E-state index is 11.6. The zero-order valence-corrected chi connectivity index (χ0v) is 11.4. The lowest BCUT2D eigenvalue weighted by Gasteiger charge is -2.35. The Morgan fingerprint density at radius 1 is 1.37 bits per heavy atom. The highest BCUT2D eigenvalue weighted by molar-refractivity contribution is 5.71. The zero-order valence-electron chi connectivity index (χ0n) is 11.4. The van der Waals surface area contributed by atoms with Crippen molar-refractivity contribution in [3.8, 4) is 0 Å². The van der Waals surface area contributed by atoms with Gasteiger partial charge in [-0.2, -0.15) is 0 Å². The second-order valence-electron chi connectivity index (χ2n) is 5.80. The van der Waals surface area contributed by atoms with Crippen molar-refractivity contribution < 1.29 is 9.53 Å². The molecule has 19 heavy (non-hydrogen) atoms. The van der Waals surface area contributed by atoms with Crippen LogP contribution in [-0.2, 0) is 14.9 Å². The van der Waals surface area contributed by atoms with Gasteiger partial charge in [0.05, 0.1) is 13.5 Å². The van der Waals surface area contributed by atoms with Crippen LogP contribution < -0.4 is 5.32 Å². The number of hydrogen-bond donors (Lipinski definition) is 1. The fourth-order valence-corrected chi connectivity index (χ4v) is 3.87. The fourth-order valence-electron chi connectivity index (χ4n) is 3.87. The third-order valence-corrected chi connectivity index (χ3v) is 4.81. The minimum atomic E-state index is -0.0919. The first-order valence-corrected chi connectivity index (χ1v) is 7.12. The van der Waals surface area contributed by atoms with Gasteiger partial charge in [-0.3, -0.25) is 4.79 Å². The van der Waals surface area contributed by atoms with Crippen LogP contribution in [0.4, 0.5) is 0 Å². The lowest BCUT2D eigenvalue weighted by atomic mass is 9.74. The summed E-state index contributed by atoms with van der Waals surface area (Å²) in [4.78, 5) is 11.6. The summed E-state index contributed by atoms with van der Waals surface area (Å²) in [6, 6.07) is 8.67. The Morgan fingerprint density at radius 3 is 2.84 bits per heavy atom. The molecule has 1 unspecified atom stereocenters. The number of piperidine rings is 1. The predicted molar refractivity (Wildman–Crippen MR) is 74.2 cm³/mol. The molecular formula is C16H21NO2. The molecule has 1 fully saturated rings. The van der Waals surface area contributed by atoms with Crippen LogP contribution in [0, 0.1) is 0 Å². The number of benzene rings is 1. The van der Waals surface area contributed by atoms with Crippen molar-refractivity contribution in [2.45, 2.75) is 37.0 Å². The van der Waals surface area contributed by atoms with Crippen molar-refractivity contribution in [3.05, 3.63) is 35.4 Å². The van der Waals surface area contributed by atoms with E-state index in [2.05, 4.69) is 29.6 Å². The first-order valence-electron chi connectivity index (χ1n) is 7.12. The molecular weight excluding hydrogens is 238 g/mol. The third-order valence-electron chi connectivity index (χ3n) is 4.81. The molecule has 1 spiro atoms. The summed E-state index contributed by atoms with van der Waals surface area (Å²) in [6.45, 7) is 2.17. The summed E-state index contributed by atoms with van der Waals surface area (Å²) in [5, 5.41) is 3.44. The van der Waals surface area contributed by atoms with Gasteiger partial charge >= 0.3 is 5.97 Å². The molecule has 1 atom stereocenters. The Morgan fingerprint density at radius 2 is 2.11 bits per heavy atom. The van der Waals surface area contributed by atoms with Gasteiger partial charge in [-0.25, -0.2) is 0 Å². The molecule has 0 aromatic heterocycles. The number of fused-ring (bicyclic) bond motifs is 2. The van der Waals surface area contributed by atoms with Crippen LogP contribution in [0.3, 0.4) is 0 Å². The molecule has 1 aromatic rings. The van der Waals surface area contributed by atoms with Gasteiger partial charge in [-0.1, -0.05) is 24.3 Å². The summed E-state index contributed by atoms with van der Waals surface area (Å²) in [5.74, 6) is 0.243. The average molecular weight is 259 g/mol. The molecule has 0 saturated carbocycles. The second-order valence-corrected chi connectivity index (χ2v) is 5.80. The normalized spacial score (nSPS) is 24.2. The van der Waals surface area contributed by atoms with E-state index in [1.165, 1.54) is 31.1 Å². The number of methoxy groups -OCH3 is 1. The van der Waals surface area contributed by atoms with Crippen molar-refractivity contribution in [1.29, 1.82) is 0 Å². The van der Waals surface area contributed by atoms with Gasteiger partial charge < -0.3 is 10.1 Å². The monoisotopic (exact) mass is 259 g/mol. The van der Waals surface area contributed by atoms with Crippen molar-refractivity contribution in [2.75, 3.05) is 20.2 Å². The van der Waals surface area contributed by atoms with Crippen LogP contribution >= 0.6 is 0 Å². The van der Waals surface area contributed by atoms with Gasteiger partial charge in [0.2, 0.25) is 0 Å². The molecule has 1 saturated heterocycles. The third kappa shape index (κ3) is 2.16. The SMILES string of the molecule is COC(=O)CC1CC2(CCNCC2)c2ccccc21. The summed E-state index contributed by atoms with van der Waals surface area (Å²) >= 11 is 0. The van der Waals surface area contributed by atoms with Gasteiger partial charge in [-0.05, 0) is 54.8 Å². The lowest BCUT2D eigenvalue weighted by molar-refractivity contribution is -0.141. The van der Waals surface area contributed by atoms with Crippen LogP contribution in [0.2, 0.25) is 0 Å². The summed E-state index contributed by atoms with van der Waals surface area (Å²) < 4.78 is 4.85. The Kier molecular flexibility index (Phi) is 3.31. The van der Waals surface area contributed by atoms with E-state index in [1.54, 1.807) is 0 Å². The van der Waals surface area contributed by atoms with E-state index in [-0.39, 0.29) is 5.97 Å². The average Bonchev–Trinajstić information content (AvgIpc) is 2.74. The number of esters is 1. The Balaban J connectivity index is 1.92. The van der Waals surface area contributed by atoms with Crippen LogP contribution in [-0.4, -0.2) is 26.2 Å². The predicted octanol–water partition coefficient (Wildman–Crippen LogP) is 2.36. The van der Waals surface area contributed by atoms with E-state index in [4.69, 9.17) is 4.74 Å². The standard InChI is InChI=1S/C16H21NO2/c1-19-15(18)10-12-11-16(6-8-17-9-7-16)14-5-3-2-4-13(12)14/h2-5,12,17H,6-11H2,1H3. The second kappa shape index (κ2) is 4.97. The first-order chi connectivity index (χ1) is 9.25. The fraction of sp³-hybridized carbons (Fsp3) is 0.562. The van der Waals surface area contributed by atoms with Crippen molar-refractivity contribution in [1.82, 2.24) is 5.32 Å². The molecule has 0 amide bonds. The van der Waals surface area contributed by atoms with Crippen molar-refractivity contribution in [2.24, 2.45) is 0 Å². The van der Waals surface area contributed by atoms with Crippen molar-refractivity contribution in [3.63, 3.8) is 0 Å². The summed E-state index contributed by atoms with van der Waals surface area (Å²) in [5.41, 5.74) is 3.14. The molecule has 1 heterocycles. The van der Waals surface area contributed by atoms with E-state index in [0.717, 1.165) is 19.5 Å². The molecule has 2 aliphatic rings. The van der Waals surface area contributed by atoms with E-state index in [0.29, 0.717) is 17.8 Å². The van der Waals surface area contributed by atoms with Gasteiger partial charge in [-0.15, -0.1) is 0 Å². The Labute approximate surface area is 114 Å². The molecule has 1 aliphatic carbocycles. The van der Waals surface area contributed by atoms with Gasteiger partial charge in [0, 0.05) is 0 Å². The number of carbonyl (C=O) groups excluding carboxylic acids is 1. The smallest absolute Gasteiger partial charge is 0.306 e. The topological polar surface area (TPSA) is 38.3 Å². The summed E-state index contributed by atoms with van der Waals surface area (Å²) in [7, 11) is 1.48. The number of rotatable bonds is 2. The molecule has 3 rings (SSSR count). The highest BCUT2D eigenvalue weighted by Gasteiger charge is 2.44. The molecule has 1 aliphatic heterocycles. The number of carbonyl (C=O) groups is 1. The molecule has 1 aromatic carbocycles. The molecule has 3 nitrogen and oxygen atoms in total. The van der Waals surface area contributed by atoms with E-state index < -0.39 is 0 Å². The first kappa shape index (κ1) is 12.7. The highest BCUT2D eigenvalue weighted by Crippen LogP contribution is 2.51. The Hall–Kier alpha value is -1.35. The maximum Gasteiger partial charge on any atom is 0.306 e. The Bertz CT molecular complexity index is 477. The molecule has 0 radical (unpaired) electrons. The van der Waals surface area contributed by atoms with Gasteiger partial charge in [0.15, 0.2) is 0 Å². The minimum Gasteiger partial charge on any atom is -0.469 e. The van der Waals surface area contributed by atoms with Crippen LogP contribution in [0.25, 0.3) is 0 Å². The quantitative estimate of drug-likeness (QED) is 0.829. The molecule has 102 valence electrons. The van der Waals surface area contributed by atoms with Crippen LogP contribution in [0.5, 0.6) is 0 Å². The maximum atomic E-state index is 11.6. The zero-order chi connectivity index (χ0) is 13.3. The van der Waals surface area contributed by atoms with Crippen LogP contribution in [0.15, 0.2) is 24.3 Å². The van der Waals surface area contributed by atoms with Crippen LogP contribution in [0.1, 0.15) is 42.7 Å². The largest absolute Gasteiger partial charge is 0.469 e. The number of nitrogens with one attached hydrogen (secondary N) is 1. The molecule has 0 bridgehead atoms. The highest BCUT2D eigenvalue weighted by atomic mass is 16.5. The number of hydrogen-bond acceptors (Lipinski definition) is 3. The minimum absolute atomic E-state index is 0.0919. The van der Waals surface area contributed by atoms with Gasteiger partial charge in [0.1, 0.15) is 0 Å². The number of ether oxygens (including phenoxy) is 1. The van der Waals surface area contributed by atoms with Gasteiger partial charge in [0.25, 0.3) is 0 Å². The summed E-state index contributed by atoms with van der Waals surface area (Å²) in [6.07, 6.45) is 3.98. The van der Waals surface area contributed by atoms with E-state index >= 15 is 0 Å². The van der Waals surface area contributed by atoms with E-state index in [1.807, 2.05) is 0 Å². The molecule has 1 N–H and O–H groups in total. The lowest BCUT2D eigenvalue weighted by Crippen LogP contribution is -2.38. The van der Waals surface area contributed by atoms with E-state index in [9.17, 15) is 4.79 Å².